The molecule has 29 heavy (non-hydrogen) atoms. The number of nitro benzene ring substituents is 1. The number of hydrogen-bond donors (Lipinski definition) is 0. The van der Waals surface area contributed by atoms with E-state index in [2.05, 4.69) is 0 Å². The highest BCUT2D eigenvalue weighted by Gasteiger charge is 2.13. The Bertz CT molecular complexity index is 1090. The molecule has 0 N–H and O–H groups in total. The van der Waals surface area contributed by atoms with E-state index in [1.807, 2.05) is 0 Å². The van der Waals surface area contributed by atoms with Crippen LogP contribution in [0.3, 0.4) is 0 Å². The third-order valence-electron chi connectivity index (χ3n) is 3.94. The average molecular weight is 408 g/mol. The summed E-state index contributed by atoms with van der Waals surface area (Å²) in [5, 5.41) is 11.4. The molecule has 0 heterocycles. The van der Waals surface area contributed by atoms with Crippen LogP contribution in [-0.2, 0) is 0 Å². The number of esters is 1. The van der Waals surface area contributed by atoms with Crippen molar-refractivity contribution in [2.24, 2.45) is 0 Å². The fourth-order valence-corrected chi connectivity index (χ4v) is 2.57. The summed E-state index contributed by atoms with van der Waals surface area (Å²) >= 11 is 5.81. The molecule has 0 aromatic heterocycles. The molecule has 0 amide bonds. The van der Waals surface area contributed by atoms with Crippen molar-refractivity contribution >= 4 is 35.1 Å². The van der Waals surface area contributed by atoms with Crippen LogP contribution in [0.1, 0.15) is 26.3 Å². The van der Waals surface area contributed by atoms with Gasteiger partial charge in [-0.05, 0) is 54.1 Å². The van der Waals surface area contributed by atoms with Crippen molar-refractivity contribution in [3.8, 4) is 5.75 Å². The van der Waals surface area contributed by atoms with Crippen LogP contribution in [0, 0.1) is 10.1 Å². The number of rotatable bonds is 6. The highest BCUT2D eigenvalue weighted by Crippen LogP contribution is 2.18. The standard InChI is InChI=1S/C22H14ClNO5/c23-18-9-7-16(8-10-18)21(25)13-6-15-4-11-20(12-5-15)29-22(26)17-2-1-3-19(14-17)24(27)28/h1-14H/b13-6+. The number of ether oxygens (including phenoxy) is 1. The van der Waals surface area contributed by atoms with Crippen molar-refractivity contribution in [1.29, 1.82) is 0 Å². The Hall–Kier alpha value is -3.77. The molecule has 0 aliphatic carbocycles. The second-order valence-electron chi connectivity index (χ2n) is 5.97. The van der Waals surface area contributed by atoms with Gasteiger partial charge in [-0.1, -0.05) is 35.9 Å². The minimum Gasteiger partial charge on any atom is -0.423 e. The normalized spacial score (nSPS) is 10.7. The summed E-state index contributed by atoms with van der Waals surface area (Å²) in [4.78, 5) is 34.5. The molecule has 0 aliphatic rings. The lowest BCUT2D eigenvalue weighted by Crippen LogP contribution is -2.08. The van der Waals surface area contributed by atoms with Crippen LogP contribution in [-0.4, -0.2) is 16.7 Å². The largest absolute Gasteiger partial charge is 0.423 e. The number of hydrogen-bond acceptors (Lipinski definition) is 5. The van der Waals surface area contributed by atoms with Crippen molar-refractivity contribution in [3.63, 3.8) is 0 Å². The van der Waals surface area contributed by atoms with Gasteiger partial charge in [0.1, 0.15) is 5.75 Å². The van der Waals surface area contributed by atoms with Gasteiger partial charge in [0.15, 0.2) is 5.78 Å². The molecule has 0 saturated heterocycles. The van der Waals surface area contributed by atoms with Crippen LogP contribution in [0.15, 0.2) is 78.9 Å². The maximum absolute atomic E-state index is 12.2. The summed E-state index contributed by atoms with van der Waals surface area (Å²) in [6.07, 6.45) is 3.08. The number of benzene rings is 3. The first-order valence-electron chi connectivity index (χ1n) is 8.47. The minimum absolute atomic E-state index is 0.0803. The first-order valence-corrected chi connectivity index (χ1v) is 8.85. The minimum atomic E-state index is -0.699. The number of allylic oxidation sites excluding steroid dienone is 1. The number of ketones is 1. The predicted molar refractivity (Wildman–Crippen MR) is 109 cm³/mol. The SMILES string of the molecule is O=C(/C=C/c1ccc(OC(=O)c2cccc([N+](=O)[O-])c2)cc1)c1ccc(Cl)cc1. The summed E-state index contributed by atoms with van der Waals surface area (Å²) in [6.45, 7) is 0. The van der Waals surface area contributed by atoms with E-state index < -0.39 is 10.9 Å². The molecule has 0 saturated carbocycles. The van der Waals surface area contributed by atoms with Crippen molar-refractivity contribution < 1.29 is 19.2 Å². The zero-order valence-corrected chi connectivity index (χ0v) is 15.7. The molecule has 7 heteroatoms. The van der Waals surface area contributed by atoms with E-state index >= 15 is 0 Å². The number of carbonyl (C=O) groups is 2. The van der Waals surface area contributed by atoms with Crippen LogP contribution < -0.4 is 4.74 Å². The Morgan fingerprint density at radius 2 is 1.62 bits per heavy atom. The highest BCUT2D eigenvalue weighted by molar-refractivity contribution is 6.30. The van der Waals surface area contributed by atoms with Crippen LogP contribution in [0.4, 0.5) is 5.69 Å². The molecule has 0 aliphatic heterocycles. The van der Waals surface area contributed by atoms with Gasteiger partial charge in [0.25, 0.3) is 5.69 Å². The van der Waals surface area contributed by atoms with Crippen molar-refractivity contribution in [2.45, 2.75) is 0 Å². The van der Waals surface area contributed by atoms with Gasteiger partial charge in [0, 0.05) is 22.7 Å². The van der Waals surface area contributed by atoms with E-state index in [9.17, 15) is 19.7 Å². The van der Waals surface area contributed by atoms with E-state index in [1.54, 1.807) is 54.6 Å². The number of nitro groups is 1. The lowest BCUT2D eigenvalue weighted by Gasteiger charge is -2.04. The smallest absolute Gasteiger partial charge is 0.343 e. The second kappa shape index (κ2) is 8.95. The van der Waals surface area contributed by atoms with Gasteiger partial charge < -0.3 is 4.74 Å². The number of non-ortho nitro benzene ring substituents is 1. The van der Waals surface area contributed by atoms with Gasteiger partial charge in [-0.3, -0.25) is 14.9 Å². The van der Waals surface area contributed by atoms with Crippen molar-refractivity contribution in [2.75, 3.05) is 0 Å². The third-order valence-corrected chi connectivity index (χ3v) is 4.19. The Morgan fingerprint density at radius 1 is 0.931 bits per heavy atom. The molecule has 0 bridgehead atoms. The van der Waals surface area contributed by atoms with E-state index in [0.717, 1.165) is 11.6 Å². The first kappa shape index (κ1) is 20.0. The van der Waals surface area contributed by atoms with E-state index in [4.69, 9.17) is 16.3 Å². The van der Waals surface area contributed by atoms with E-state index in [-0.39, 0.29) is 22.8 Å². The molecule has 3 aromatic rings. The van der Waals surface area contributed by atoms with Gasteiger partial charge in [-0.25, -0.2) is 4.79 Å². The Morgan fingerprint density at radius 3 is 2.28 bits per heavy atom. The fraction of sp³-hybridized carbons (Fsp3) is 0. The van der Waals surface area contributed by atoms with Gasteiger partial charge >= 0.3 is 5.97 Å². The van der Waals surface area contributed by atoms with Crippen LogP contribution >= 0.6 is 11.6 Å². The summed E-state index contributed by atoms with van der Waals surface area (Å²) in [5.41, 5.74) is 1.15. The molecule has 0 radical (unpaired) electrons. The first-order chi connectivity index (χ1) is 13.9. The number of carbonyl (C=O) groups excluding carboxylic acids is 2. The van der Waals surface area contributed by atoms with Crippen molar-refractivity contribution in [1.82, 2.24) is 0 Å². The quantitative estimate of drug-likeness (QED) is 0.137. The van der Waals surface area contributed by atoms with Crippen LogP contribution in [0.5, 0.6) is 5.75 Å². The lowest BCUT2D eigenvalue weighted by atomic mass is 10.1. The summed E-state index contributed by atoms with van der Waals surface area (Å²) in [6, 6.07) is 18.4. The van der Waals surface area contributed by atoms with Gasteiger partial charge in [-0.2, -0.15) is 0 Å². The average Bonchev–Trinajstić information content (AvgIpc) is 2.73. The van der Waals surface area contributed by atoms with Gasteiger partial charge in [-0.15, -0.1) is 0 Å². The fourth-order valence-electron chi connectivity index (χ4n) is 2.44. The van der Waals surface area contributed by atoms with E-state index in [0.29, 0.717) is 10.6 Å². The Labute approximate surface area is 171 Å². The molecular formula is C22H14ClNO5. The molecule has 6 nitrogen and oxygen atoms in total. The monoisotopic (exact) mass is 407 g/mol. The second-order valence-corrected chi connectivity index (χ2v) is 6.41. The Kier molecular flexibility index (Phi) is 6.16. The lowest BCUT2D eigenvalue weighted by molar-refractivity contribution is -0.384. The molecule has 0 fully saturated rings. The maximum Gasteiger partial charge on any atom is 0.343 e. The van der Waals surface area contributed by atoms with Crippen LogP contribution in [0.25, 0.3) is 6.08 Å². The molecule has 144 valence electrons. The molecule has 0 atom stereocenters. The number of nitrogens with zero attached hydrogens (tertiary/aromatic N) is 1. The summed E-state index contributed by atoms with van der Waals surface area (Å²) < 4.78 is 5.23. The maximum atomic E-state index is 12.2. The van der Waals surface area contributed by atoms with E-state index in [1.165, 1.54) is 24.3 Å². The third kappa shape index (κ3) is 5.37. The molecular weight excluding hydrogens is 394 g/mol. The Balaban J connectivity index is 1.64. The topological polar surface area (TPSA) is 86.5 Å². The number of halogens is 1. The van der Waals surface area contributed by atoms with Crippen LogP contribution in [0.2, 0.25) is 5.02 Å². The van der Waals surface area contributed by atoms with Crippen molar-refractivity contribution in [3.05, 3.63) is 111 Å². The van der Waals surface area contributed by atoms with Gasteiger partial charge in [0.05, 0.1) is 10.5 Å². The zero-order valence-electron chi connectivity index (χ0n) is 14.9. The predicted octanol–water partition coefficient (Wildman–Crippen LogP) is 5.36. The summed E-state index contributed by atoms with van der Waals surface area (Å²) in [7, 11) is 0. The zero-order chi connectivity index (χ0) is 20.8. The molecule has 0 spiro atoms. The molecule has 0 unspecified atom stereocenters. The van der Waals surface area contributed by atoms with Gasteiger partial charge in [0.2, 0.25) is 0 Å². The highest BCUT2D eigenvalue weighted by atomic mass is 35.5. The summed E-state index contributed by atoms with van der Waals surface area (Å²) in [5.74, 6) is -0.583. The molecule has 3 aromatic carbocycles. The molecule has 3 rings (SSSR count).